The monoisotopic (exact) mass is 238 g/mol. The first-order chi connectivity index (χ1) is 6.24. The van der Waals surface area contributed by atoms with Gasteiger partial charge in [-0.1, -0.05) is 27.8 Å². The molecular weight excluding hydrogens is 228 g/mol. The summed E-state index contributed by atoms with van der Waals surface area (Å²) >= 11 is 3.36. The highest BCUT2D eigenvalue weighted by Gasteiger charge is 1.94. The van der Waals surface area contributed by atoms with Gasteiger partial charge in [0, 0.05) is 28.7 Å². The number of anilines is 1. The molecule has 0 saturated carbocycles. The highest BCUT2D eigenvalue weighted by atomic mass is 79.9. The normalized spacial score (nSPS) is 9.08. The van der Waals surface area contributed by atoms with Gasteiger partial charge in [-0.2, -0.15) is 0 Å². The number of hydrogen-bond donors (Lipinski definition) is 2. The van der Waals surface area contributed by atoms with E-state index in [0.29, 0.717) is 18.7 Å². The van der Waals surface area contributed by atoms with Crippen molar-refractivity contribution >= 4 is 21.6 Å². The van der Waals surface area contributed by atoms with E-state index in [0.717, 1.165) is 10.0 Å². The summed E-state index contributed by atoms with van der Waals surface area (Å²) in [4.78, 5) is 0. The maximum absolute atomic E-state index is 5.72. The van der Waals surface area contributed by atoms with Crippen LogP contribution in [0.15, 0.2) is 22.7 Å². The van der Waals surface area contributed by atoms with Crippen molar-refractivity contribution < 1.29 is 0 Å². The van der Waals surface area contributed by atoms with Crippen LogP contribution in [-0.4, -0.2) is 6.54 Å². The van der Waals surface area contributed by atoms with Crippen molar-refractivity contribution in [2.75, 3.05) is 12.3 Å². The van der Waals surface area contributed by atoms with Crippen molar-refractivity contribution in [3.63, 3.8) is 0 Å². The predicted molar refractivity (Wildman–Crippen MR) is 59.1 cm³/mol. The molecule has 13 heavy (non-hydrogen) atoms. The Balaban J connectivity index is 2.89. The molecule has 0 amide bonds. The second-order valence-corrected chi connectivity index (χ2v) is 3.49. The van der Waals surface area contributed by atoms with Crippen molar-refractivity contribution in [2.24, 2.45) is 5.73 Å². The maximum atomic E-state index is 5.72. The topological polar surface area (TPSA) is 52.0 Å². The third kappa shape index (κ3) is 3.10. The molecule has 3 heteroatoms. The van der Waals surface area contributed by atoms with E-state index in [9.17, 15) is 0 Å². The van der Waals surface area contributed by atoms with E-state index in [2.05, 4.69) is 27.8 Å². The smallest absolute Gasteiger partial charge is 0.0486 e. The molecule has 0 unspecified atom stereocenters. The lowest BCUT2D eigenvalue weighted by Gasteiger charge is -1.97. The molecule has 68 valence electrons. The van der Waals surface area contributed by atoms with Gasteiger partial charge in [0.25, 0.3) is 0 Å². The van der Waals surface area contributed by atoms with Crippen LogP contribution < -0.4 is 11.5 Å². The Morgan fingerprint density at radius 1 is 1.38 bits per heavy atom. The SMILES string of the molecule is NCCC#Cc1cc(Br)ccc1N. The van der Waals surface area contributed by atoms with Crippen LogP contribution in [0, 0.1) is 11.8 Å². The van der Waals surface area contributed by atoms with Crippen LogP contribution >= 0.6 is 15.9 Å². The molecule has 4 N–H and O–H groups in total. The molecule has 2 nitrogen and oxygen atoms in total. The van der Waals surface area contributed by atoms with Crippen LogP contribution in [0.5, 0.6) is 0 Å². The molecule has 0 aliphatic carbocycles. The van der Waals surface area contributed by atoms with Crippen molar-refractivity contribution in [1.29, 1.82) is 0 Å². The third-order valence-corrected chi connectivity index (χ3v) is 2.00. The van der Waals surface area contributed by atoms with E-state index in [1.54, 1.807) is 0 Å². The van der Waals surface area contributed by atoms with Crippen LogP contribution in [0.25, 0.3) is 0 Å². The minimum Gasteiger partial charge on any atom is -0.398 e. The number of rotatable bonds is 1. The van der Waals surface area contributed by atoms with Gasteiger partial charge in [0.1, 0.15) is 0 Å². The molecule has 0 saturated heterocycles. The molecule has 1 rings (SSSR count). The molecule has 0 spiro atoms. The average Bonchev–Trinajstić information content (AvgIpc) is 2.11. The largest absolute Gasteiger partial charge is 0.398 e. The molecule has 0 heterocycles. The van der Waals surface area contributed by atoms with E-state index in [4.69, 9.17) is 11.5 Å². The van der Waals surface area contributed by atoms with Gasteiger partial charge in [-0.25, -0.2) is 0 Å². The van der Waals surface area contributed by atoms with Crippen molar-refractivity contribution in [2.45, 2.75) is 6.42 Å². The van der Waals surface area contributed by atoms with Crippen LogP contribution in [0.2, 0.25) is 0 Å². The Hall–Kier alpha value is -0.980. The average molecular weight is 239 g/mol. The van der Waals surface area contributed by atoms with Crippen molar-refractivity contribution in [1.82, 2.24) is 0 Å². The third-order valence-electron chi connectivity index (χ3n) is 1.51. The van der Waals surface area contributed by atoms with Gasteiger partial charge in [0.15, 0.2) is 0 Å². The minimum absolute atomic E-state index is 0.584. The molecule has 1 aromatic rings. The Morgan fingerprint density at radius 2 is 2.15 bits per heavy atom. The van der Waals surface area contributed by atoms with Crippen molar-refractivity contribution in [3.8, 4) is 11.8 Å². The molecule has 0 aromatic heterocycles. The van der Waals surface area contributed by atoms with E-state index >= 15 is 0 Å². The fourth-order valence-corrected chi connectivity index (χ4v) is 1.23. The molecule has 0 radical (unpaired) electrons. The molecule has 0 bridgehead atoms. The summed E-state index contributed by atoms with van der Waals surface area (Å²) in [6, 6.07) is 5.62. The molecule has 0 atom stereocenters. The number of halogens is 1. The summed E-state index contributed by atoms with van der Waals surface area (Å²) < 4.78 is 0.985. The lowest BCUT2D eigenvalue weighted by Crippen LogP contribution is -1.95. The summed E-state index contributed by atoms with van der Waals surface area (Å²) in [6.07, 6.45) is 0.700. The Labute approximate surface area is 86.4 Å². The first-order valence-corrected chi connectivity index (χ1v) is 4.77. The van der Waals surface area contributed by atoms with Gasteiger partial charge >= 0.3 is 0 Å². The number of nitrogen functional groups attached to an aromatic ring is 1. The summed E-state index contributed by atoms with van der Waals surface area (Å²) in [7, 11) is 0. The van der Waals surface area contributed by atoms with Gasteiger partial charge in [-0.05, 0) is 18.2 Å². The Morgan fingerprint density at radius 3 is 2.85 bits per heavy atom. The highest BCUT2D eigenvalue weighted by molar-refractivity contribution is 9.10. The van der Waals surface area contributed by atoms with Crippen LogP contribution in [-0.2, 0) is 0 Å². The first kappa shape index (κ1) is 10.1. The summed E-state index contributed by atoms with van der Waals surface area (Å²) in [6.45, 7) is 0.584. The molecule has 0 aliphatic rings. The van der Waals surface area contributed by atoms with Crippen LogP contribution in [0.4, 0.5) is 5.69 Å². The number of benzene rings is 1. The van der Waals surface area contributed by atoms with E-state index < -0.39 is 0 Å². The zero-order valence-electron chi connectivity index (χ0n) is 7.18. The first-order valence-electron chi connectivity index (χ1n) is 3.98. The Bertz CT molecular complexity index is 350. The van der Waals surface area contributed by atoms with E-state index in [1.165, 1.54) is 0 Å². The second kappa shape index (κ2) is 4.90. The fourth-order valence-electron chi connectivity index (χ4n) is 0.867. The van der Waals surface area contributed by atoms with E-state index in [-0.39, 0.29) is 0 Å². The van der Waals surface area contributed by atoms with Gasteiger partial charge in [-0.3, -0.25) is 0 Å². The quantitative estimate of drug-likeness (QED) is 0.579. The number of hydrogen-bond acceptors (Lipinski definition) is 2. The second-order valence-electron chi connectivity index (χ2n) is 2.57. The van der Waals surface area contributed by atoms with Gasteiger partial charge in [-0.15, -0.1) is 0 Å². The van der Waals surface area contributed by atoms with Crippen molar-refractivity contribution in [3.05, 3.63) is 28.2 Å². The lowest BCUT2D eigenvalue weighted by atomic mass is 10.2. The fraction of sp³-hybridized carbons (Fsp3) is 0.200. The number of nitrogens with two attached hydrogens (primary N) is 2. The lowest BCUT2D eigenvalue weighted by molar-refractivity contribution is 1.03. The van der Waals surface area contributed by atoms with E-state index in [1.807, 2.05) is 18.2 Å². The van der Waals surface area contributed by atoms with Crippen LogP contribution in [0.1, 0.15) is 12.0 Å². The van der Waals surface area contributed by atoms with Gasteiger partial charge < -0.3 is 11.5 Å². The zero-order valence-corrected chi connectivity index (χ0v) is 8.76. The summed E-state index contributed by atoms with van der Waals surface area (Å²) in [5.74, 6) is 5.91. The van der Waals surface area contributed by atoms with Gasteiger partial charge in [0.2, 0.25) is 0 Å². The molecule has 0 fully saturated rings. The molecular formula is C10H11BrN2. The minimum atomic E-state index is 0.584. The summed E-state index contributed by atoms with van der Waals surface area (Å²) in [5, 5.41) is 0. The highest BCUT2D eigenvalue weighted by Crippen LogP contribution is 2.17. The summed E-state index contributed by atoms with van der Waals surface area (Å²) in [5.41, 5.74) is 12.6. The zero-order chi connectivity index (χ0) is 9.68. The Kier molecular flexibility index (Phi) is 3.81. The standard InChI is InChI=1S/C10H11BrN2/c11-9-4-5-10(13)8(7-9)3-1-2-6-12/h4-5,7H,2,6,12-13H2. The molecule has 0 aliphatic heterocycles. The van der Waals surface area contributed by atoms with Gasteiger partial charge in [0.05, 0.1) is 0 Å². The molecule has 1 aromatic carbocycles. The maximum Gasteiger partial charge on any atom is 0.0486 e. The van der Waals surface area contributed by atoms with Crippen LogP contribution in [0.3, 0.4) is 0 Å². The predicted octanol–water partition coefficient (Wildman–Crippen LogP) is 1.73.